The fraction of sp³-hybridized carbons (Fsp3) is 0.714. The molecule has 0 amide bonds. The van der Waals surface area contributed by atoms with E-state index in [1.165, 1.54) is 41.8 Å². The van der Waals surface area contributed by atoms with Crippen molar-refractivity contribution in [3.8, 4) is 0 Å². The normalized spacial score (nSPS) is 23.2. The molecule has 2 unspecified atom stereocenters. The zero-order chi connectivity index (χ0) is 13.0. The number of piperidine rings is 1. The van der Waals surface area contributed by atoms with Crippen molar-refractivity contribution in [1.82, 2.24) is 10.2 Å². The second-order valence-corrected chi connectivity index (χ2v) is 7.11. The van der Waals surface area contributed by atoms with Crippen LogP contribution in [-0.2, 0) is 6.54 Å². The summed E-state index contributed by atoms with van der Waals surface area (Å²) in [6.07, 6.45) is 2.73. The van der Waals surface area contributed by atoms with Crippen molar-refractivity contribution in [2.24, 2.45) is 5.92 Å². The molecule has 2 rings (SSSR count). The minimum Gasteiger partial charge on any atom is -0.309 e. The number of nitrogens with zero attached hydrogens (tertiary/aromatic N) is 1. The van der Waals surface area contributed by atoms with E-state index in [-0.39, 0.29) is 0 Å². The Hall–Kier alpha value is 0.1000. The van der Waals surface area contributed by atoms with Gasteiger partial charge in [0.2, 0.25) is 0 Å². The van der Waals surface area contributed by atoms with Crippen molar-refractivity contribution in [2.75, 3.05) is 19.6 Å². The maximum atomic E-state index is 3.69. The summed E-state index contributed by atoms with van der Waals surface area (Å²) in [6, 6.07) is 2.82. The second-order valence-electron chi connectivity index (χ2n) is 5.20. The lowest BCUT2D eigenvalue weighted by atomic mass is 9.91. The molecule has 1 aliphatic heterocycles. The molecule has 1 fully saturated rings. The van der Waals surface area contributed by atoms with Crippen molar-refractivity contribution in [2.45, 2.75) is 39.3 Å². The summed E-state index contributed by atoms with van der Waals surface area (Å²) >= 11 is 5.33. The van der Waals surface area contributed by atoms with Gasteiger partial charge >= 0.3 is 0 Å². The highest BCUT2D eigenvalue weighted by molar-refractivity contribution is 9.10. The van der Waals surface area contributed by atoms with Crippen LogP contribution < -0.4 is 5.32 Å². The molecule has 2 nitrogen and oxygen atoms in total. The molecule has 1 saturated heterocycles. The third-order valence-electron chi connectivity index (χ3n) is 3.92. The Morgan fingerprint density at radius 3 is 3.11 bits per heavy atom. The molecule has 2 atom stereocenters. The van der Waals surface area contributed by atoms with Gasteiger partial charge in [0.25, 0.3) is 0 Å². The summed E-state index contributed by atoms with van der Waals surface area (Å²) in [4.78, 5) is 3.99. The molecule has 1 aromatic heterocycles. The number of thiophene rings is 1. The van der Waals surface area contributed by atoms with Gasteiger partial charge in [-0.05, 0) is 60.8 Å². The van der Waals surface area contributed by atoms with E-state index in [1.54, 1.807) is 0 Å². The molecular formula is C14H23BrN2S. The average Bonchev–Trinajstić information content (AvgIpc) is 2.82. The molecule has 0 aliphatic carbocycles. The van der Waals surface area contributed by atoms with Crippen LogP contribution in [0.2, 0.25) is 0 Å². The van der Waals surface area contributed by atoms with Gasteiger partial charge in [-0.2, -0.15) is 0 Å². The summed E-state index contributed by atoms with van der Waals surface area (Å²) in [7, 11) is 0. The second kappa shape index (κ2) is 7.04. The van der Waals surface area contributed by atoms with Crippen molar-refractivity contribution >= 4 is 27.3 Å². The number of likely N-dealkylation sites (tertiary alicyclic amines) is 1. The first kappa shape index (κ1) is 14.5. The highest BCUT2D eigenvalue weighted by Gasteiger charge is 2.23. The Balaban J connectivity index is 1.78. The highest BCUT2D eigenvalue weighted by atomic mass is 79.9. The van der Waals surface area contributed by atoms with Crippen LogP contribution in [0.3, 0.4) is 0 Å². The van der Waals surface area contributed by atoms with Crippen molar-refractivity contribution in [3.05, 3.63) is 20.8 Å². The summed E-state index contributed by atoms with van der Waals surface area (Å²) in [5, 5.41) is 5.84. The summed E-state index contributed by atoms with van der Waals surface area (Å²) in [5.41, 5.74) is 0. The lowest BCUT2D eigenvalue weighted by molar-refractivity contribution is 0.157. The lowest BCUT2D eigenvalue weighted by Crippen LogP contribution is -2.44. The molecule has 4 heteroatoms. The zero-order valence-electron chi connectivity index (χ0n) is 11.3. The Kier molecular flexibility index (Phi) is 5.67. The van der Waals surface area contributed by atoms with E-state index < -0.39 is 0 Å². The molecule has 1 aliphatic rings. The minimum atomic E-state index is 0.611. The van der Waals surface area contributed by atoms with Crippen LogP contribution in [0.15, 0.2) is 15.9 Å². The third kappa shape index (κ3) is 4.05. The lowest BCUT2D eigenvalue weighted by Gasteiger charge is -2.35. The van der Waals surface area contributed by atoms with Gasteiger partial charge in [0.1, 0.15) is 0 Å². The molecule has 1 aromatic rings. The maximum Gasteiger partial charge on any atom is 0.0302 e. The van der Waals surface area contributed by atoms with E-state index in [4.69, 9.17) is 0 Å². The van der Waals surface area contributed by atoms with E-state index in [0.717, 1.165) is 12.5 Å². The Bertz CT molecular complexity index is 366. The van der Waals surface area contributed by atoms with Gasteiger partial charge in [-0.1, -0.05) is 6.92 Å². The van der Waals surface area contributed by atoms with E-state index in [2.05, 4.69) is 51.4 Å². The highest BCUT2D eigenvalue weighted by Crippen LogP contribution is 2.22. The fourth-order valence-electron chi connectivity index (χ4n) is 2.66. The molecule has 0 saturated carbocycles. The molecule has 0 aromatic carbocycles. The molecule has 18 heavy (non-hydrogen) atoms. The maximum absolute atomic E-state index is 3.69. The monoisotopic (exact) mass is 330 g/mol. The van der Waals surface area contributed by atoms with E-state index in [0.29, 0.717) is 6.04 Å². The summed E-state index contributed by atoms with van der Waals surface area (Å²) < 4.78 is 1.20. The number of rotatable bonds is 5. The molecule has 2 heterocycles. The Morgan fingerprint density at radius 2 is 2.44 bits per heavy atom. The van der Waals surface area contributed by atoms with Gasteiger partial charge in [0.05, 0.1) is 0 Å². The van der Waals surface area contributed by atoms with Crippen LogP contribution >= 0.6 is 27.3 Å². The average molecular weight is 331 g/mol. The largest absolute Gasteiger partial charge is 0.309 e. The number of halogens is 1. The molecule has 0 radical (unpaired) electrons. The van der Waals surface area contributed by atoms with E-state index in [1.807, 2.05) is 11.3 Å². The molecule has 0 bridgehead atoms. The fourth-order valence-corrected chi connectivity index (χ4v) is 4.06. The number of hydrogen-bond acceptors (Lipinski definition) is 3. The van der Waals surface area contributed by atoms with Crippen LogP contribution in [0.5, 0.6) is 0 Å². The predicted octanol–water partition coefficient (Wildman–Crippen LogP) is 3.72. The van der Waals surface area contributed by atoms with Crippen molar-refractivity contribution in [1.29, 1.82) is 0 Å². The Labute approximate surface area is 123 Å². The smallest absolute Gasteiger partial charge is 0.0302 e. The van der Waals surface area contributed by atoms with Gasteiger partial charge in [0, 0.05) is 33.9 Å². The van der Waals surface area contributed by atoms with Gasteiger partial charge in [0.15, 0.2) is 0 Å². The molecule has 102 valence electrons. The van der Waals surface area contributed by atoms with Crippen molar-refractivity contribution < 1.29 is 0 Å². The molecule has 0 spiro atoms. The quantitative estimate of drug-likeness (QED) is 0.885. The van der Waals surface area contributed by atoms with Crippen LogP contribution in [0.25, 0.3) is 0 Å². The van der Waals surface area contributed by atoms with Gasteiger partial charge in [-0.25, -0.2) is 0 Å². The van der Waals surface area contributed by atoms with Gasteiger partial charge < -0.3 is 10.2 Å². The number of nitrogens with one attached hydrogen (secondary N) is 1. The number of hydrogen-bond donors (Lipinski definition) is 1. The third-order valence-corrected chi connectivity index (χ3v) is 5.61. The van der Waals surface area contributed by atoms with Gasteiger partial charge in [-0.15, -0.1) is 11.3 Å². The standard InChI is InChI=1S/C14H23BrN2S/c1-3-17-6-4-5-12(9-17)11(2)16-8-14-7-13(15)10-18-14/h7,10-12,16H,3-6,8-9H2,1-2H3. The zero-order valence-corrected chi connectivity index (χ0v) is 13.7. The van der Waals surface area contributed by atoms with Gasteiger partial charge in [-0.3, -0.25) is 0 Å². The first-order valence-corrected chi connectivity index (χ1v) is 8.55. The van der Waals surface area contributed by atoms with Crippen LogP contribution in [0.4, 0.5) is 0 Å². The SMILES string of the molecule is CCN1CCCC(C(C)NCc2cc(Br)cs2)C1. The van der Waals surface area contributed by atoms with E-state index >= 15 is 0 Å². The summed E-state index contributed by atoms with van der Waals surface area (Å²) in [5.74, 6) is 0.808. The molecular weight excluding hydrogens is 308 g/mol. The summed E-state index contributed by atoms with van der Waals surface area (Å²) in [6.45, 7) is 9.35. The van der Waals surface area contributed by atoms with Crippen LogP contribution in [-0.4, -0.2) is 30.6 Å². The minimum absolute atomic E-state index is 0.611. The Morgan fingerprint density at radius 1 is 1.61 bits per heavy atom. The topological polar surface area (TPSA) is 15.3 Å². The van der Waals surface area contributed by atoms with E-state index in [9.17, 15) is 0 Å². The first-order chi connectivity index (χ1) is 8.69. The van der Waals surface area contributed by atoms with Crippen LogP contribution in [0.1, 0.15) is 31.6 Å². The molecule has 1 N–H and O–H groups in total. The van der Waals surface area contributed by atoms with Crippen LogP contribution in [0, 0.1) is 5.92 Å². The predicted molar refractivity (Wildman–Crippen MR) is 83.2 cm³/mol. The van der Waals surface area contributed by atoms with Crippen molar-refractivity contribution in [3.63, 3.8) is 0 Å². The first-order valence-electron chi connectivity index (χ1n) is 6.87.